The number of nitrogens with one attached hydrogen (secondary N) is 3. The minimum Gasteiger partial charge on any atom is -0.453 e. The molecule has 0 bridgehead atoms. The second-order valence-electron chi connectivity index (χ2n) is 17.3. The summed E-state index contributed by atoms with van der Waals surface area (Å²) in [5.74, 6) is -0.499. The van der Waals surface area contributed by atoms with Crippen LogP contribution in [0.3, 0.4) is 0 Å². The van der Waals surface area contributed by atoms with E-state index in [0.29, 0.717) is 45.3 Å². The van der Waals surface area contributed by atoms with Crippen molar-refractivity contribution in [3.63, 3.8) is 0 Å². The molecule has 0 spiro atoms. The van der Waals surface area contributed by atoms with Gasteiger partial charge in [0.25, 0.3) is 0 Å². The third kappa shape index (κ3) is 11.9. The SMILES string of the molecule is COC(=O)N[C@H](C(=O)NC(CCCC(NC(=O)[C@@H](N1CCN(Cc2ccccc2)C1=O)C(C)(C)C)c1ccccc1)Cc1ccc(-c2ccccn2)cc1)C(C)(C)C. The summed E-state index contributed by atoms with van der Waals surface area (Å²) in [5.41, 5.74) is 3.79. The van der Waals surface area contributed by atoms with Gasteiger partial charge < -0.3 is 30.5 Å². The van der Waals surface area contributed by atoms with Crippen LogP contribution in [0.4, 0.5) is 9.59 Å². The van der Waals surface area contributed by atoms with Gasteiger partial charge in [-0.25, -0.2) is 9.59 Å². The molecule has 1 aliphatic heterocycles. The van der Waals surface area contributed by atoms with Gasteiger partial charge in [-0.2, -0.15) is 0 Å². The van der Waals surface area contributed by atoms with Crippen molar-refractivity contribution >= 4 is 23.9 Å². The molecule has 1 aromatic heterocycles. The Kier molecular flexibility index (Phi) is 14.7. The lowest BCUT2D eigenvalue weighted by Crippen LogP contribution is -2.55. The zero-order valence-corrected chi connectivity index (χ0v) is 35.0. The van der Waals surface area contributed by atoms with Crippen molar-refractivity contribution in [2.75, 3.05) is 20.2 Å². The Morgan fingerprint density at radius 2 is 1.38 bits per heavy atom. The third-order valence-electron chi connectivity index (χ3n) is 10.6. The van der Waals surface area contributed by atoms with Crippen LogP contribution in [0, 0.1) is 10.8 Å². The van der Waals surface area contributed by atoms with Crippen LogP contribution in [0.5, 0.6) is 0 Å². The number of urea groups is 1. The highest BCUT2D eigenvalue weighted by molar-refractivity contribution is 5.89. The topological polar surface area (TPSA) is 133 Å². The first-order chi connectivity index (χ1) is 27.6. The number of carbonyl (C=O) groups is 4. The predicted molar refractivity (Wildman–Crippen MR) is 227 cm³/mol. The van der Waals surface area contributed by atoms with E-state index >= 15 is 0 Å². The Labute approximate surface area is 344 Å². The molecule has 0 saturated carbocycles. The fraction of sp³-hybridized carbons (Fsp3) is 0.426. The Morgan fingerprint density at radius 3 is 1.98 bits per heavy atom. The second kappa shape index (κ2) is 19.6. The molecular weight excluding hydrogens is 729 g/mol. The van der Waals surface area contributed by atoms with Gasteiger partial charge in [0.05, 0.1) is 18.8 Å². The molecule has 308 valence electrons. The molecular formula is C47H60N6O5. The summed E-state index contributed by atoms with van der Waals surface area (Å²) in [6, 6.07) is 31.5. The van der Waals surface area contributed by atoms with Crippen LogP contribution in [0.15, 0.2) is 109 Å². The number of rotatable bonds is 16. The van der Waals surface area contributed by atoms with Crippen molar-refractivity contribution in [2.45, 2.75) is 97.9 Å². The molecule has 2 heterocycles. The van der Waals surface area contributed by atoms with Gasteiger partial charge in [0.1, 0.15) is 12.1 Å². The zero-order valence-electron chi connectivity index (χ0n) is 35.0. The van der Waals surface area contributed by atoms with Crippen molar-refractivity contribution in [1.29, 1.82) is 0 Å². The summed E-state index contributed by atoms with van der Waals surface area (Å²) in [6.07, 6.45) is 3.50. The number of methoxy groups -OCH3 is 1. The number of aromatic nitrogens is 1. The average Bonchev–Trinajstić information content (AvgIpc) is 3.54. The maximum Gasteiger partial charge on any atom is 0.407 e. The van der Waals surface area contributed by atoms with E-state index in [1.54, 1.807) is 11.1 Å². The molecule has 1 saturated heterocycles. The molecule has 11 nitrogen and oxygen atoms in total. The number of amides is 5. The van der Waals surface area contributed by atoms with Crippen LogP contribution in [0.2, 0.25) is 0 Å². The highest BCUT2D eigenvalue weighted by Gasteiger charge is 2.44. The average molecular weight is 789 g/mol. The van der Waals surface area contributed by atoms with Crippen LogP contribution in [-0.4, -0.2) is 77.0 Å². The van der Waals surface area contributed by atoms with E-state index in [2.05, 4.69) is 33.1 Å². The first kappa shape index (κ1) is 43.4. The van der Waals surface area contributed by atoms with Gasteiger partial charge in [0.15, 0.2) is 0 Å². The molecule has 58 heavy (non-hydrogen) atoms. The van der Waals surface area contributed by atoms with Crippen molar-refractivity contribution < 1.29 is 23.9 Å². The van der Waals surface area contributed by atoms with Gasteiger partial charge >= 0.3 is 12.1 Å². The molecule has 11 heteroatoms. The standard InChI is InChI=1S/C47H60N6O5/c1-46(2,3)40(51-44(56)58-7)42(54)49-37(31-33-24-26-36(27-25-33)38-22-14-15-28-48-38)21-16-23-39(35-19-12-9-13-20-35)50-43(55)41(47(4,5)6)53-30-29-52(45(53)57)32-34-17-10-8-11-18-34/h8-15,17-20,22,24-28,37,39-41H,16,21,23,29-32H2,1-7H3,(H,49,54)(H,50,55)(H,51,56)/t37?,39?,40-,41-/m1/s1. The molecule has 0 radical (unpaired) electrons. The normalized spacial score (nSPS) is 15.3. The van der Waals surface area contributed by atoms with Gasteiger partial charge in [-0.1, -0.05) is 133 Å². The van der Waals surface area contributed by atoms with Crippen molar-refractivity contribution in [3.05, 3.63) is 126 Å². The van der Waals surface area contributed by atoms with Crippen LogP contribution < -0.4 is 16.0 Å². The molecule has 2 unspecified atom stereocenters. The molecule has 0 aliphatic carbocycles. The summed E-state index contributed by atoms with van der Waals surface area (Å²) < 4.78 is 4.85. The minimum atomic E-state index is -0.836. The number of hydrogen-bond acceptors (Lipinski definition) is 6. The van der Waals surface area contributed by atoms with E-state index in [9.17, 15) is 19.2 Å². The van der Waals surface area contributed by atoms with Gasteiger partial charge in [-0.15, -0.1) is 0 Å². The predicted octanol–water partition coefficient (Wildman–Crippen LogP) is 7.93. The van der Waals surface area contributed by atoms with Crippen LogP contribution >= 0.6 is 0 Å². The quantitative estimate of drug-likeness (QED) is 0.106. The molecule has 4 atom stereocenters. The Morgan fingerprint density at radius 1 is 0.724 bits per heavy atom. The third-order valence-corrected chi connectivity index (χ3v) is 10.6. The van der Waals surface area contributed by atoms with E-state index < -0.39 is 29.0 Å². The number of hydrogen-bond donors (Lipinski definition) is 3. The molecule has 1 aliphatic rings. The first-order valence-electron chi connectivity index (χ1n) is 20.2. The molecule has 1 fully saturated rings. The summed E-state index contributed by atoms with van der Waals surface area (Å²) in [4.78, 5) is 62.5. The highest BCUT2D eigenvalue weighted by Crippen LogP contribution is 2.31. The molecule has 3 N–H and O–H groups in total. The van der Waals surface area contributed by atoms with Gasteiger partial charge in [-0.3, -0.25) is 14.6 Å². The summed E-state index contributed by atoms with van der Waals surface area (Å²) >= 11 is 0. The van der Waals surface area contributed by atoms with Crippen molar-refractivity contribution in [2.24, 2.45) is 10.8 Å². The van der Waals surface area contributed by atoms with Gasteiger partial charge in [0, 0.05) is 37.4 Å². The van der Waals surface area contributed by atoms with E-state index in [-0.39, 0.29) is 29.9 Å². The summed E-state index contributed by atoms with van der Waals surface area (Å²) in [5, 5.41) is 9.32. The van der Waals surface area contributed by atoms with Gasteiger partial charge in [0.2, 0.25) is 11.8 Å². The van der Waals surface area contributed by atoms with Crippen LogP contribution in [0.1, 0.15) is 83.5 Å². The lowest BCUT2D eigenvalue weighted by molar-refractivity contribution is -0.129. The van der Waals surface area contributed by atoms with Crippen LogP contribution in [-0.2, 0) is 27.3 Å². The molecule has 5 amide bonds. The Balaban J connectivity index is 1.33. The van der Waals surface area contributed by atoms with E-state index in [0.717, 1.165) is 27.9 Å². The van der Waals surface area contributed by atoms with Gasteiger partial charge in [-0.05, 0) is 65.3 Å². The number of nitrogens with zero attached hydrogens (tertiary/aromatic N) is 3. The maximum absolute atomic E-state index is 14.4. The molecule has 4 aromatic rings. The fourth-order valence-electron chi connectivity index (χ4n) is 7.61. The van der Waals surface area contributed by atoms with Crippen LogP contribution in [0.25, 0.3) is 11.3 Å². The Bertz CT molecular complexity index is 1950. The summed E-state index contributed by atoms with van der Waals surface area (Å²) in [6.45, 7) is 13.2. The number of pyridine rings is 1. The molecule has 5 rings (SSSR count). The second-order valence-corrected chi connectivity index (χ2v) is 17.3. The smallest absolute Gasteiger partial charge is 0.407 e. The zero-order chi connectivity index (χ0) is 41.9. The number of carbonyl (C=O) groups excluding carboxylic acids is 4. The molecule has 3 aromatic carbocycles. The monoisotopic (exact) mass is 788 g/mol. The Hall–Kier alpha value is -5.71. The van der Waals surface area contributed by atoms with E-state index in [1.165, 1.54) is 7.11 Å². The van der Waals surface area contributed by atoms with Crippen molar-refractivity contribution in [1.82, 2.24) is 30.7 Å². The lowest BCUT2D eigenvalue weighted by atomic mass is 9.84. The fourth-order valence-corrected chi connectivity index (χ4v) is 7.61. The largest absolute Gasteiger partial charge is 0.453 e. The van der Waals surface area contributed by atoms with E-state index in [4.69, 9.17) is 4.74 Å². The van der Waals surface area contributed by atoms with Crippen molar-refractivity contribution in [3.8, 4) is 11.3 Å². The number of benzene rings is 3. The lowest BCUT2D eigenvalue weighted by Gasteiger charge is -2.37. The summed E-state index contributed by atoms with van der Waals surface area (Å²) in [7, 11) is 1.28. The number of alkyl carbamates (subject to hydrolysis) is 1. The minimum absolute atomic E-state index is 0.142. The number of ether oxygens (including phenoxy) is 1. The maximum atomic E-state index is 14.4. The van der Waals surface area contributed by atoms with E-state index in [1.807, 2.05) is 137 Å². The first-order valence-corrected chi connectivity index (χ1v) is 20.2. The highest BCUT2D eigenvalue weighted by atomic mass is 16.5.